The average molecular weight is 364 g/mol. The number of carboxylic acids is 1. The van der Waals surface area contributed by atoms with Gasteiger partial charge in [0, 0.05) is 4.75 Å². The predicted octanol–water partition coefficient (Wildman–Crippen LogP) is 2.05. The monoisotopic (exact) mass is 364 g/mol. The fourth-order valence-corrected chi connectivity index (χ4v) is 5.63. The highest BCUT2D eigenvalue weighted by molar-refractivity contribution is 8.02. The second-order valence-electron chi connectivity index (χ2n) is 6.94. The highest BCUT2D eigenvalue weighted by Gasteiger charge is 2.67. The fraction of sp³-hybridized carbons (Fsp3) is 0.471. The second kappa shape index (κ2) is 5.74. The molecular weight excluding hydrogens is 344 g/mol. The summed E-state index contributed by atoms with van der Waals surface area (Å²) in [5.41, 5.74) is 0.247. The molecule has 1 amide bonds. The molecule has 24 heavy (non-hydrogen) atoms. The molecule has 2 aliphatic heterocycles. The predicted molar refractivity (Wildman–Crippen MR) is 98.0 cm³/mol. The van der Waals surface area contributed by atoms with Crippen LogP contribution in [-0.2, 0) is 16.0 Å². The van der Waals surface area contributed by atoms with Gasteiger partial charge < -0.3 is 15.3 Å². The van der Waals surface area contributed by atoms with Gasteiger partial charge in [-0.2, -0.15) is 0 Å². The summed E-state index contributed by atoms with van der Waals surface area (Å²) in [5.74, 6) is -0.988. The van der Waals surface area contributed by atoms with Crippen LogP contribution in [0.2, 0.25) is 0 Å². The van der Waals surface area contributed by atoms with Crippen molar-refractivity contribution in [3.05, 3.63) is 35.9 Å². The smallest absolute Gasteiger partial charge is 0.327 e. The summed E-state index contributed by atoms with van der Waals surface area (Å²) in [6.07, 6.45) is 0.280. The molecule has 128 valence electrons. The number of carboxylic acid groups (broad SMARTS) is 1. The number of nitrogens with one attached hydrogen (secondary N) is 1. The zero-order valence-corrected chi connectivity index (χ0v) is 15.4. The van der Waals surface area contributed by atoms with E-state index in [1.807, 2.05) is 51.1 Å². The Morgan fingerprint density at radius 1 is 1.29 bits per heavy atom. The number of carbonyl (C=O) groups excluding carboxylic acids is 1. The van der Waals surface area contributed by atoms with E-state index in [1.54, 1.807) is 16.7 Å². The van der Waals surface area contributed by atoms with Gasteiger partial charge in [-0.25, -0.2) is 4.79 Å². The topological polar surface area (TPSA) is 69.6 Å². The molecule has 7 heteroatoms. The van der Waals surface area contributed by atoms with Gasteiger partial charge >= 0.3 is 5.97 Å². The van der Waals surface area contributed by atoms with Gasteiger partial charge in [0.25, 0.3) is 0 Å². The van der Waals surface area contributed by atoms with Crippen LogP contribution in [0.3, 0.4) is 0 Å². The summed E-state index contributed by atoms with van der Waals surface area (Å²) < 4.78 is -0.470. The molecule has 2 heterocycles. The summed E-state index contributed by atoms with van der Waals surface area (Å²) >= 11 is 7.03. The van der Waals surface area contributed by atoms with E-state index in [0.29, 0.717) is 4.99 Å². The molecule has 0 unspecified atom stereocenters. The van der Waals surface area contributed by atoms with Crippen molar-refractivity contribution < 1.29 is 14.7 Å². The maximum Gasteiger partial charge on any atom is 0.327 e. The van der Waals surface area contributed by atoms with Crippen LogP contribution in [0.4, 0.5) is 0 Å². The summed E-state index contributed by atoms with van der Waals surface area (Å²) in [7, 11) is 0. The Kier molecular flexibility index (Phi) is 4.12. The van der Waals surface area contributed by atoms with E-state index in [0.717, 1.165) is 5.56 Å². The molecule has 2 aliphatic rings. The number of benzene rings is 1. The van der Waals surface area contributed by atoms with Gasteiger partial charge in [0.2, 0.25) is 5.91 Å². The number of hydrogen-bond acceptors (Lipinski definition) is 4. The lowest BCUT2D eigenvalue weighted by Crippen LogP contribution is -2.77. The number of nitrogens with zero attached hydrogens (tertiary/aromatic N) is 1. The Bertz CT molecular complexity index is 707. The van der Waals surface area contributed by atoms with E-state index < -0.39 is 22.3 Å². The third kappa shape index (κ3) is 2.59. The molecular formula is C17H20N2O3S2. The van der Waals surface area contributed by atoms with E-state index in [1.165, 1.54) is 0 Å². The van der Waals surface area contributed by atoms with Crippen molar-refractivity contribution in [2.24, 2.45) is 0 Å². The lowest BCUT2D eigenvalue weighted by Gasteiger charge is -2.54. The Balaban J connectivity index is 1.75. The van der Waals surface area contributed by atoms with Crippen molar-refractivity contribution >= 4 is 40.8 Å². The molecule has 2 N–H and O–H groups in total. The molecule has 2 saturated heterocycles. The standard InChI is InChI=1S/C17H20N2O3S2/c1-16(2)12(13(21)22)19-14(23)17(3,15(19)24-16)18-11(20)9-10-7-5-4-6-8-10/h4-8,12,15H,9H2,1-3H3,(H,18,20)(H,21,22)/t12-,15+,17-/m0/s1. The minimum absolute atomic E-state index is 0.108. The van der Waals surface area contributed by atoms with E-state index in [2.05, 4.69) is 5.32 Å². The Hall–Kier alpha value is -1.60. The maximum absolute atomic E-state index is 12.4. The number of amides is 1. The first-order valence-electron chi connectivity index (χ1n) is 7.75. The number of aliphatic carboxylic acids is 1. The van der Waals surface area contributed by atoms with Crippen LogP contribution in [0.1, 0.15) is 26.3 Å². The van der Waals surface area contributed by atoms with Crippen LogP contribution in [0.25, 0.3) is 0 Å². The first-order chi connectivity index (χ1) is 11.2. The first kappa shape index (κ1) is 17.2. The highest BCUT2D eigenvalue weighted by atomic mass is 32.2. The SMILES string of the molecule is CC1(C)S[C@H]2N(C(=S)[C@]2(C)NC(=O)Cc2ccccc2)[C@H]1C(=O)O. The molecule has 3 atom stereocenters. The molecule has 0 bridgehead atoms. The Morgan fingerprint density at radius 2 is 1.92 bits per heavy atom. The molecule has 5 nitrogen and oxygen atoms in total. The Labute approximate surface area is 150 Å². The van der Waals surface area contributed by atoms with Gasteiger partial charge in [-0.05, 0) is 26.3 Å². The molecule has 0 saturated carbocycles. The normalized spacial score (nSPS) is 30.5. The third-order valence-corrected chi connectivity index (χ3v) is 7.01. The van der Waals surface area contributed by atoms with Crippen LogP contribution in [0.15, 0.2) is 30.3 Å². The lowest BCUT2D eigenvalue weighted by atomic mass is 9.87. The number of carbonyl (C=O) groups is 2. The highest BCUT2D eigenvalue weighted by Crippen LogP contribution is 2.55. The molecule has 0 spiro atoms. The third-order valence-electron chi connectivity index (χ3n) is 4.62. The van der Waals surface area contributed by atoms with Gasteiger partial charge in [0.15, 0.2) is 0 Å². The van der Waals surface area contributed by atoms with Crippen molar-refractivity contribution in [3.63, 3.8) is 0 Å². The van der Waals surface area contributed by atoms with Crippen molar-refractivity contribution in [2.45, 2.75) is 48.9 Å². The number of thiocarbonyl (C=S) groups is 1. The number of rotatable bonds is 4. The summed E-state index contributed by atoms with van der Waals surface area (Å²) in [6.45, 7) is 5.69. The average Bonchev–Trinajstić information content (AvgIpc) is 2.77. The Morgan fingerprint density at radius 3 is 2.50 bits per heavy atom. The van der Waals surface area contributed by atoms with E-state index >= 15 is 0 Å². The van der Waals surface area contributed by atoms with E-state index in [4.69, 9.17) is 12.2 Å². The number of hydrogen-bond donors (Lipinski definition) is 2. The molecule has 1 aromatic carbocycles. The second-order valence-corrected chi connectivity index (χ2v) is 9.06. The number of fused-ring (bicyclic) bond motifs is 1. The fourth-order valence-electron chi connectivity index (χ4n) is 3.45. The maximum atomic E-state index is 12.4. The summed E-state index contributed by atoms with van der Waals surface area (Å²) in [5, 5.41) is 12.4. The van der Waals surface area contributed by atoms with Crippen LogP contribution < -0.4 is 5.32 Å². The zero-order valence-electron chi connectivity index (χ0n) is 13.8. The van der Waals surface area contributed by atoms with Crippen molar-refractivity contribution in [3.8, 4) is 0 Å². The molecule has 0 radical (unpaired) electrons. The number of thioether (sulfide) groups is 1. The first-order valence-corrected chi connectivity index (χ1v) is 9.04. The van der Waals surface area contributed by atoms with Gasteiger partial charge in [-0.3, -0.25) is 4.79 Å². The van der Waals surface area contributed by atoms with Crippen LogP contribution in [0, 0.1) is 0 Å². The lowest BCUT2D eigenvalue weighted by molar-refractivity contribution is -0.143. The minimum atomic E-state index is -0.880. The summed E-state index contributed by atoms with van der Waals surface area (Å²) in [4.78, 5) is 26.3. The van der Waals surface area contributed by atoms with Crippen molar-refractivity contribution in [1.82, 2.24) is 10.2 Å². The minimum Gasteiger partial charge on any atom is -0.480 e. The molecule has 0 aliphatic carbocycles. The van der Waals surface area contributed by atoms with Crippen LogP contribution in [-0.4, -0.2) is 48.6 Å². The van der Waals surface area contributed by atoms with E-state index in [-0.39, 0.29) is 17.7 Å². The molecule has 0 aromatic heterocycles. The largest absolute Gasteiger partial charge is 0.480 e. The molecule has 1 aromatic rings. The molecule has 2 fully saturated rings. The van der Waals surface area contributed by atoms with E-state index in [9.17, 15) is 14.7 Å². The summed E-state index contributed by atoms with van der Waals surface area (Å²) in [6, 6.07) is 8.84. The van der Waals surface area contributed by atoms with Gasteiger partial charge in [0.1, 0.15) is 21.9 Å². The van der Waals surface area contributed by atoms with Crippen LogP contribution >= 0.6 is 24.0 Å². The zero-order chi connectivity index (χ0) is 17.7. The molecule has 3 rings (SSSR count). The van der Waals surface area contributed by atoms with Gasteiger partial charge in [0.05, 0.1) is 6.42 Å². The van der Waals surface area contributed by atoms with Crippen LogP contribution in [0.5, 0.6) is 0 Å². The van der Waals surface area contributed by atoms with Gasteiger partial charge in [-0.1, -0.05) is 42.5 Å². The van der Waals surface area contributed by atoms with Crippen molar-refractivity contribution in [2.75, 3.05) is 0 Å². The quantitative estimate of drug-likeness (QED) is 0.797. The van der Waals surface area contributed by atoms with Crippen molar-refractivity contribution in [1.29, 1.82) is 0 Å². The van der Waals surface area contributed by atoms with Gasteiger partial charge in [-0.15, -0.1) is 11.8 Å².